The summed E-state index contributed by atoms with van der Waals surface area (Å²) in [5.74, 6) is 1.02. The number of hydrogen-bond donors (Lipinski definition) is 0. The third kappa shape index (κ3) is 4.58. The van der Waals surface area contributed by atoms with Crippen molar-refractivity contribution in [3.05, 3.63) is 77.4 Å². The van der Waals surface area contributed by atoms with Crippen LogP contribution in [0.5, 0.6) is 11.5 Å². The lowest BCUT2D eigenvalue weighted by Gasteiger charge is -2.34. The van der Waals surface area contributed by atoms with E-state index in [0.717, 1.165) is 42.4 Å². The molecule has 2 aliphatic rings. The maximum absolute atomic E-state index is 14.8. The average Bonchev–Trinajstić information content (AvgIpc) is 3.55. The zero-order chi connectivity index (χ0) is 26.4. The number of carbonyl (C=O) groups is 1. The Morgan fingerprint density at radius 3 is 2.50 bits per heavy atom. The van der Waals surface area contributed by atoms with Gasteiger partial charge in [0.2, 0.25) is 6.79 Å². The largest absolute Gasteiger partial charge is 0.454 e. The van der Waals surface area contributed by atoms with Crippen molar-refractivity contribution >= 4 is 11.6 Å². The number of ether oxygens (including phenoxy) is 2. The minimum atomic E-state index is -0.372. The second-order valence-electron chi connectivity index (χ2n) is 10.8. The molecule has 196 valence electrons. The highest BCUT2D eigenvalue weighted by atomic mass is 19.1. The summed E-state index contributed by atoms with van der Waals surface area (Å²) in [6, 6.07) is 16.1. The first-order valence-corrected chi connectivity index (χ1v) is 12.8. The van der Waals surface area contributed by atoms with Crippen LogP contribution in [0.2, 0.25) is 0 Å². The van der Waals surface area contributed by atoms with Crippen LogP contribution in [0, 0.1) is 5.82 Å². The zero-order valence-corrected chi connectivity index (χ0v) is 21.8. The van der Waals surface area contributed by atoms with Crippen LogP contribution in [0.15, 0.2) is 54.6 Å². The fourth-order valence-corrected chi connectivity index (χ4v) is 4.88. The Bertz CT molecular complexity index is 1520. The molecule has 2 aromatic heterocycles. The maximum Gasteiger partial charge on any atom is 0.272 e. The molecule has 9 heteroatoms. The van der Waals surface area contributed by atoms with Crippen LogP contribution in [-0.4, -0.2) is 63.3 Å². The van der Waals surface area contributed by atoms with Gasteiger partial charge in [0.25, 0.3) is 5.91 Å². The van der Waals surface area contributed by atoms with Crippen molar-refractivity contribution in [2.24, 2.45) is 0 Å². The summed E-state index contributed by atoms with van der Waals surface area (Å²) in [4.78, 5) is 22.4. The highest BCUT2D eigenvalue weighted by molar-refractivity contribution is 5.94. The number of nitrogens with zero attached hydrogens (tertiary/aromatic N) is 5. The third-order valence-corrected chi connectivity index (χ3v) is 7.07. The first-order chi connectivity index (χ1) is 18.3. The Hall–Kier alpha value is -3.98. The smallest absolute Gasteiger partial charge is 0.272 e. The van der Waals surface area contributed by atoms with Gasteiger partial charge in [-0.3, -0.25) is 9.69 Å². The van der Waals surface area contributed by atoms with Crippen molar-refractivity contribution in [3.8, 4) is 22.8 Å². The summed E-state index contributed by atoms with van der Waals surface area (Å²) in [6.45, 7) is 9.86. The second kappa shape index (κ2) is 9.40. The normalized spacial score (nSPS) is 15.8. The van der Waals surface area contributed by atoms with E-state index in [-0.39, 0.29) is 23.9 Å². The molecule has 1 amide bonds. The van der Waals surface area contributed by atoms with E-state index in [1.54, 1.807) is 28.8 Å². The number of benzene rings is 2. The number of amides is 1. The minimum absolute atomic E-state index is 0.161. The van der Waals surface area contributed by atoms with Crippen molar-refractivity contribution < 1.29 is 18.7 Å². The zero-order valence-electron chi connectivity index (χ0n) is 21.8. The highest BCUT2D eigenvalue weighted by Crippen LogP contribution is 2.33. The van der Waals surface area contributed by atoms with Crippen LogP contribution in [0.4, 0.5) is 4.39 Å². The van der Waals surface area contributed by atoms with Crippen molar-refractivity contribution in [2.75, 3.05) is 33.0 Å². The molecule has 4 heterocycles. The fraction of sp³-hybridized carbons (Fsp3) is 0.345. The summed E-state index contributed by atoms with van der Waals surface area (Å²) in [7, 11) is 0. The van der Waals surface area contributed by atoms with Crippen LogP contribution >= 0.6 is 0 Å². The van der Waals surface area contributed by atoms with Gasteiger partial charge in [-0.05, 0) is 35.9 Å². The Kier molecular flexibility index (Phi) is 6.03. The van der Waals surface area contributed by atoms with E-state index in [4.69, 9.17) is 14.6 Å². The van der Waals surface area contributed by atoms with Crippen LogP contribution < -0.4 is 9.47 Å². The van der Waals surface area contributed by atoms with Gasteiger partial charge in [-0.15, -0.1) is 0 Å². The third-order valence-electron chi connectivity index (χ3n) is 7.07. The monoisotopic (exact) mass is 515 g/mol. The second-order valence-corrected chi connectivity index (χ2v) is 10.8. The first-order valence-electron chi connectivity index (χ1n) is 12.8. The summed E-state index contributed by atoms with van der Waals surface area (Å²) < 4.78 is 27.4. The number of aromatic nitrogens is 3. The number of halogens is 1. The Balaban J connectivity index is 1.24. The molecule has 1 saturated heterocycles. The lowest BCUT2D eigenvalue weighted by molar-refractivity contribution is 0.0623. The molecule has 1 fully saturated rings. The maximum atomic E-state index is 14.8. The molecular weight excluding hydrogens is 485 g/mol. The molecule has 0 unspecified atom stereocenters. The number of fused-ring (bicyclic) bond motifs is 2. The van der Waals surface area contributed by atoms with Crippen LogP contribution in [-0.2, 0) is 12.0 Å². The number of rotatable bonds is 4. The van der Waals surface area contributed by atoms with Crippen molar-refractivity contribution in [3.63, 3.8) is 0 Å². The quantitative estimate of drug-likeness (QED) is 0.398. The van der Waals surface area contributed by atoms with Crippen molar-refractivity contribution in [1.82, 2.24) is 24.4 Å². The van der Waals surface area contributed by atoms with Crippen molar-refractivity contribution in [1.29, 1.82) is 0 Å². The Labute approximate surface area is 220 Å². The molecule has 2 aliphatic heterocycles. The minimum Gasteiger partial charge on any atom is -0.454 e. The van der Waals surface area contributed by atoms with Crippen molar-refractivity contribution in [2.45, 2.75) is 32.7 Å². The molecular formula is C29H30FN5O3. The van der Waals surface area contributed by atoms with Crippen LogP contribution in [0.25, 0.3) is 16.9 Å². The predicted molar refractivity (Wildman–Crippen MR) is 141 cm³/mol. The SMILES string of the molecule is CC(C)(C)c1cc2nc(C(=O)N3CCN(Cc4ccc5c(c4)OCO5)CC3)cc(-c3ccccc3F)n2n1. The van der Waals surface area contributed by atoms with E-state index in [2.05, 4.69) is 30.7 Å². The van der Waals surface area contributed by atoms with Crippen LogP contribution in [0.1, 0.15) is 42.5 Å². The molecule has 4 aromatic rings. The Morgan fingerprint density at radius 2 is 1.74 bits per heavy atom. The molecule has 0 atom stereocenters. The molecule has 2 aromatic carbocycles. The summed E-state index contributed by atoms with van der Waals surface area (Å²) >= 11 is 0. The summed E-state index contributed by atoms with van der Waals surface area (Å²) in [6.07, 6.45) is 0. The average molecular weight is 516 g/mol. The lowest BCUT2D eigenvalue weighted by atomic mass is 9.93. The van der Waals surface area contributed by atoms with E-state index in [0.29, 0.717) is 35.7 Å². The molecule has 38 heavy (non-hydrogen) atoms. The van der Waals surface area contributed by atoms with E-state index in [1.807, 2.05) is 29.2 Å². The number of hydrogen-bond acceptors (Lipinski definition) is 6. The molecule has 0 N–H and O–H groups in total. The van der Waals surface area contributed by atoms with Gasteiger partial charge in [0.15, 0.2) is 17.1 Å². The molecule has 0 saturated carbocycles. The molecule has 8 nitrogen and oxygen atoms in total. The first kappa shape index (κ1) is 24.4. The molecule has 0 bridgehead atoms. The standard InChI is InChI=1S/C29H30FN5O3/c1-29(2,3)26-16-27-31-22(15-23(35(27)32-26)20-6-4-5-7-21(20)30)28(36)34-12-10-33(11-13-34)17-19-8-9-24-25(14-19)38-18-37-24/h4-9,14-16H,10-13,17-18H2,1-3H3. The van der Waals surface area contributed by atoms with Gasteiger partial charge in [0.05, 0.1) is 11.4 Å². The molecule has 0 spiro atoms. The lowest BCUT2D eigenvalue weighted by Crippen LogP contribution is -2.48. The van der Waals surface area contributed by atoms with E-state index in [9.17, 15) is 9.18 Å². The number of carbonyl (C=O) groups excluding carboxylic acids is 1. The predicted octanol–water partition coefficient (Wildman–Crippen LogP) is 4.52. The summed E-state index contributed by atoms with van der Waals surface area (Å²) in [5.41, 5.74) is 3.45. The van der Waals surface area contributed by atoms with Crippen LogP contribution in [0.3, 0.4) is 0 Å². The number of piperazine rings is 1. The molecule has 0 aliphatic carbocycles. The summed E-state index contributed by atoms with van der Waals surface area (Å²) in [5, 5.41) is 4.72. The Morgan fingerprint density at radius 1 is 0.974 bits per heavy atom. The van der Waals surface area contributed by atoms with E-state index >= 15 is 0 Å². The van der Waals surface area contributed by atoms with Gasteiger partial charge >= 0.3 is 0 Å². The van der Waals surface area contributed by atoms with Gasteiger partial charge in [-0.2, -0.15) is 5.10 Å². The van der Waals surface area contributed by atoms with Gasteiger partial charge in [0.1, 0.15) is 11.5 Å². The highest BCUT2D eigenvalue weighted by Gasteiger charge is 2.27. The van der Waals surface area contributed by atoms with E-state index < -0.39 is 0 Å². The molecule has 6 rings (SSSR count). The van der Waals surface area contributed by atoms with Gasteiger partial charge in [-0.25, -0.2) is 13.9 Å². The van der Waals surface area contributed by atoms with Gasteiger partial charge < -0.3 is 14.4 Å². The van der Waals surface area contributed by atoms with E-state index in [1.165, 1.54) is 6.07 Å². The molecule has 0 radical (unpaired) electrons. The fourth-order valence-electron chi connectivity index (χ4n) is 4.88. The topological polar surface area (TPSA) is 72.2 Å². The van der Waals surface area contributed by atoms with Gasteiger partial charge in [0, 0.05) is 49.8 Å². The van der Waals surface area contributed by atoms with Gasteiger partial charge in [-0.1, -0.05) is 39.0 Å².